The number of nitrogens with one attached hydrogen (secondary N) is 1. The van der Waals surface area contributed by atoms with Crippen molar-refractivity contribution in [3.05, 3.63) is 52.8 Å². The highest BCUT2D eigenvalue weighted by Crippen LogP contribution is 2.22. The fourth-order valence-corrected chi connectivity index (χ4v) is 2.82. The number of anilines is 1. The van der Waals surface area contributed by atoms with Crippen molar-refractivity contribution in [2.75, 3.05) is 11.9 Å². The number of carbonyl (C=O) groups excluding carboxylic acids is 1. The van der Waals surface area contributed by atoms with Gasteiger partial charge in [-0.2, -0.15) is 8.78 Å². The lowest BCUT2D eigenvalue weighted by molar-refractivity contribution is -0.118. The van der Waals surface area contributed by atoms with Crippen LogP contribution < -0.4 is 10.1 Å². The van der Waals surface area contributed by atoms with Crippen molar-refractivity contribution in [2.24, 2.45) is 0 Å². The molecule has 1 N–H and O–H groups in total. The van der Waals surface area contributed by atoms with E-state index in [1.807, 2.05) is 0 Å². The molecule has 10 heteroatoms. The van der Waals surface area contributed by atoms with Gasteiger partial charge in [-0.3, -0.25) is 4.79 Å². The molecule has 0 saturated carbocycles. The lowest BCUT2D eigenvalue weighted by Crippen LogP contribution is -2.20. The van der Waals surface area contributed by atoms with Crippen LogP contribution in [0.4, 0.5) is 18.9 Å². The summed E-state index contributed by atoms with van der Waals surface area (Å²) in [6.07, 6.45) is 0. The maximum Gasteiger partial charge on any atom is 0.341 e. The second-order valence-corrected chi connectivity index (χ2v) is 7.58. The summed E-state index contributed by atoms with van der Waals surface area (Å²) < 4.78 is 66.5. The van der Waals surface area contributed by atoms with E-state index in [0.717, 1.165) is 24.3 Å². The summed E-state index contributed by atoms with van der Waals surface area (Å²) in [5, 5.41) is 2.37. The van der Waals surface area contributed by atoms with E-state index in [-0.39, 0.29) is 11.4 Å². The van der Waals surface area contributed by atoms with Gasteiger partial charge >= 0.3 is 5.76 Å². The fraction of sp³-hybridized carbons (Fsp3) is 0.133. The minimum absolute atomic E-state index is 0.114. The molecule has 0 heterocycles. The Balaban J connectivity index is 1.97. The van der Waals surface area contributed by atoms with E-state index in [1.54, 1.807) is 6.07 Å². The number of sulfone groups is 1. The quantitative estimate of drug-likeness (QED) is 0.749. The van der Waals surface area contributed by atoms with Crippen molar-refractivity contribution in [1.82, 2.24) is 0 Å². The molecule has 0 saturated heterocycles. The van der Waals surface area contributed by atoms with E-state index < -0.39 is 38.8 Å². The smallest absolute Gasteiger partial charge is 0.341 e. The molecule has 0 atom stereocenters. The molecule has 2 rings (SSSR count). The molecule has 0 aromatic heterocycles. The number of amides is 1. The first-order chi connectivity index (χ1) is 11.7. The molecule has 2 aromatic carbocycles. The molecule has 0 unspecified atom stereocenters. The largest absolute Gasteiger partial charge is 0.481 e. The molecule has 2 aromatic rings. The average Bonchev–Trinajstić information content (AvgIpc) is 2.54. The molecule has 25 heavy (non-hydrogen) atoms. The van der Waals surface area contributed by atoms with Crippen LogP contribution in [0.5, 0.6) is 5.75 Å². The van der Waals surface area contributed by atoms with Crippen molar-refractivity contribution in [1.29, 1.82) is 0 Å². The van der Waals surface area contributed by atoms with Crippen LogP contribution in [0.15, 0.2) is 51.8 Å². The van der Waals surface area contributed by atoms with Crippen molar-refractivity contribution in [3.8, 4) is 5.75 Å². The minimum atomic E-state index is -4.69. The topological polar surface area (TPSA) is 72.5 Å². The third-order valence-electron chi connectivity index (χ3n) is 2.95. The number of rotatable bonds is 6. The van der Waals surface area contributed by atoms with Crippen molar-refractivity contribution in [2.45, 2.75) is 10.7 Å². The van der Waals surface area contributed by atoms with Crippen molar-refractivity contribution >= 4 is 37.4 Å². The highest BCUT2D eigenvalue weighted by atomic mass is 79.9. The number of carbonyl (C=O) groups is 1. The van der Waals surface area contributed by atoms with Crippen LogP contribution in [-0.2, 0) is 14.6 Å². The zero-order chi connectivity index (χ0) is 18.6. The summed E-state index contributed by atoms with van der Waals surface area (Å²) in [6, 6.07) is 8.28. The van der Waals surface area contributed by atoms with E-state index in [1.165, 1.54) is 12.1 Å². The van der Waals surface area contributed by atoms with Crippen LogP contribution in [0.1, 0.15) is 0 Å². The van der Waals surface area contributed by atoms with E-state index in [0.29, 0.717) is 4.47 Å². The summed E-state index contributed by atoms with van der Waals surface area (Å²) >= 11 is 3.08. The molecule has 1 amide bonds. The van der Waals surface area contributed by atoms with Gasteiger partial charge in [0.25, 0.3) is 5.91 Å². The molecule has 0 spiro atoms. The molecule has 0 aliphatic heterocycles. The minimum Gasteiger partial charge on any atom is -0.481 e. The van der Waals surface area contributed by atoms with Crippen LogP contribution in [0.2, 0.25) is 0 Å². The Bertz CT molecular complexity index is 873. The van der Waals surface area contributed by atoms with Gasteiger partial charge in [-0.05, 0) is 42.5 Å². The van der Waals surface area contributed by atoms with Gasteiger partial charge < -0.3 is 10.1 Å². The average molecular weight is 438 g/mol. The first-order valence-corrected chi connectivity index (χ1v) is 9.04. The zero-order valence-corrected chi connectivity index (χ0v) is 14.8. The first kappa shape index (κ1) is 19.3. The standard InChI is InChI=1S/C15H11BrF3NO4S/c16-9-1-6-13(12(17)7-9)24-8-14(21)20-10-2-4-11(5-3-10)25(22,23)15(18)19/h1-7,15H,8H2,(H,20,21). The monoisotopic (exact) mass is 437 g/mol. The highest BCUT2D eigenvalue weighted by Gasteiger charge is 2.26. The lowest BCUT2D eigenvalue weighted by Gasteiger charge is -2.09. The van der Waals surface area contributed by atoms with Crippen molar-refractivity contribution < 1.29 is 31.1 Å². The predicted octanol–water partition coefficient (Wildman–Crippen LogP) is 3.60. The molecule has 0 bridgehead atoms. The molecule has 5 nitrogen and oxygen atoms in total. The van der Waals surface area contributed by atoms with Gasteiger partial charge in [0.2, 0.25) is 9.84 Å². The number of alkyl halides is 2. The maximum atomic E-state index is 13.5. The third kappa shape index (κ3) is 4.95. The van der Waals surface area contributed by atoms with E-state index in [2.05, 4.69) is 21.2 Å². The summed E-state index contributed by atoms with van der Waals surface area (Å²) in [6.45, 7) is -0.490. The number of ether oxygens (including phenoxy) is 1. The van der Waals surface area contributed by atoms with Gasteiger partial charge in [-0.1, -0.05) is 15.9 Å². The molecule has 0 aliphatic carbocycles. The first-order valence-electron chi connectivity index (χ1n) is 6.70. The van der Waals surface area contributed by atoms with E-state index >= 15 is 0 Å². The lowest BCUT2D eigenvalue weighted by atomic mass is 10.3. The Morgan fingerprint density at radius 1 is 1.16 bits per heavy atom. The van der Waals surface area contributed by atoms with Crippen LogP contribution in [0, 0.1) is 5.82 Å². The molecule has 134 valence electrons. The Morgan fingerprint density at radius 3 is 2.36 bits per heavy atom. The predicted molar refractivity (Wildman–Crippen MR) is 87.9 cm³/mol. The van der Waals surface area contributed by atoms with Gasteiger partial charge in [0.15, 0.2) is 18.2 Å². The number of hydrogen-bond acceptors (Lipinski definition) is 4. The van der Waals surface area contributed by atoms with Crippen LogP contribution >= 0.6 is 15.9 Å². The van der Waals surface area contributed by atoms with Gasteiger partial charge in [-0.25, -0.2) is 12.8 Å². The van der Waals surface area contributed by atoms with Crippen LogP contribution in [-0.4, -0.2) is 26.7 Å². The summed E-state index contributed by atoms with van der Waals surface area (Å²) in [5.41, 5.74) is 0.179. The van der Waals surface area contributed by atoms with Gasteiger partial charge in [0.1, 0.15) is 0 Å². The molecular weight excluding hydrogens is 427 g/mol. The Hall–Kier alpha value is -2.07. The maximum absolute atomic E-state index is 13.5. The Kier molecular flexibility index (Phi) is 6.07. The zero-order valence-electron chi connectivity index (χ0n) is 12.4. The SMILES string of the molecule is O=C(COc1ccc(Br)cc1F)Nc1ccc(S(=O)(=O)C(F)F)cc1. The van der Waals surface area contributed by atoms with Gasteiger partial charge in [0, 0.05) is 10.2 Å². The fourth-order valence-electron chi connectivity index (χ4n) is 1.76. The number of benzene rings is 2. The van der Waals surface area contributed by atoms with Gasteiger partial charge in [-0.15, -0.1) is 0 Å². The molecular formula is C15H11BrF3NO4S. The molecule has 0 radical (unpaired) electrons. The Morgan fingerprint density at radius 2 is 1.80 bits per heavy atom. The third-order valence-corrected chi connectivity index (χ3v) is 4.85. The van der Waals surface area contributed by atoms with E-state index in [9.17, 15) is 26.4 Å². The Labute approximate surface area is 149 Å². The van der Waals surface area contributed by atoms with E-state index in [4.69, 9.17) is 4.74 Å². The van der Waals surface area contributed by atoms with Crippen LogP contribution in [0.25, 0.3) is 0 Å². The highest BCUT2D eigenvalue weighted by molar-refractivity contribution is 9.10. The second-order valence-electron chi connectivity index (χ2n) is 4.74. The summed E-state index contributed by atoms with van der Waals surface area (Å²) in [5.74, 6) is -4.92. The van der Waals surface area contributed by atoms with Crippen LogP contribution in [0.3, 0.4) is 0 Å². The van der Waals surface area contributed by atoms with Crippen molar-refractivity contribution in [3.63, 3.8) is 0 Å². The second kappa shape index (κ2) is 7.87. The normalized spacial score (nSPS) is 11.4. The molecule has 0 fully saturated rings. The molecule has 0 aliphatic rings. The summed E-state index contributed by atoms with van der Waals surface area (Å²) in [7, 11) is -4.69. The van der Waals surface area contributed by atoms with Gasteiger partial charge in [0.05, 0.1) is 4.90 Å². The number of hydrogen-bond donors (Lipinski definition) is 1. The number of halogens is 4. The summed E-state index contributed by atoms with van der Waals surface area (Å²) in [4.78, 5) is 11.2.